The van der Waals surface area contributed by atoms with Gasteiger partial charge < -0.3 is 4.52 Å². The summed E-state index contributed by atoms with van der Waals surface area (Å²) in [6, 6.07) is 9.62. The van der Waals surface area contributed by atoms with Crippen LogP contribution in [0.1, 0.15) is 26.2 Å². The second kappa shape index (κ2) is 8.81. The smallest absolute Gasteiger partial charge is 0.272 e. The number of benzene rings is 1. The van der Waals surface area contributed by atoms with Crippen LogP contribution in [-0.4, -0.2) is 19.7 Å². The third-order valence-corrected chi connectivity index (χ3v) is 6.91. The largest absolute Gasteiger partial charge is 0.338 e. The zero-order chi connectivity index (χ0) is 20.4. The van der Waals surface area contributed by atoms with E-state index in [1.165, 1.54) is 23.1 Å². The Balaban J connectivity index is 1.59. The molecular formula is C20H19BrN4O2S2. The summed E-state index contributed by atoms with van der Waals surface area (Å²) in [6.45, 7) is 4.94. The van der Waals surface area contributed by atoms with Gasteiger partial charge in [0.2, 0.25) is 11.7 Å². The van der Waals surface area contributed by atoms with Crippen molar-refractivity contribution in [1.29, 1.82) is 0 Å². The maximum atomic E-state index is 12.9. The van der Waals surface area contributed by atoms with Crippen molar-refractivity contribution in [3.8, 4) is 11.4 Å². The van der Waals surface area contributed by atoms with Crippen LogP contribution in [-0.2, 0) is 12.3 Å². The molecule has 150 valence electrons. The summed E-state index contributed by atoms with van der Waals surface area (Å²) < 4.78 is 8.80. The Hall–Kier alpha value is -1.97. The molecule has 1 aromatic carbocycles. The summed E-state index contributed by atoms with van der Waals surface area (Å²) in [4.78, 5) is 22.1. The van der Waals surface area contributed by atoms with Crippen LogP contribution in [0.2, 0.25) is 0 Å². The van der Waals surface area contributed by atoms with Crippen molar-refractivity contribution in [2.45, 2.75) is 37.7 Å². The predicted molar refractivity (Wildman–Crippen MR) is 120 cm³/mol. The van der Waals surface area contributed by atoms with Gasteiger partial charge in [-0.3, -0.25) is 9.36 Å². The fraction of sp³-hybridized carbons (Fsp3) is 0.300. The van der Waals surface area contributed by atoms with Gasteiger partial charge >= 0.3 is 0 Å². The molecule has 0 radical (unpaired) electrons. The van der Waals surface area contributed by atoms with Gasteiger partial charge in [0.15, 0.2) is 5.16 Å². The highest BCUT2D eigenvalue weighted by atomic mass is 79.9. The molecule has 0 saturated carbocycles. The third-order valence-electron chi connectivity index (χ3n) is 4.37. The number of thiophene rings is 1. The van der Waals surface area contributed by atoms with E-state index in [0.29, 0.717) is 39.8 Å². The fourth-order valence-corrected chi connectivity index (χ4v) is 4.91. The first-order valence-corrected chi connectivity index (χ1v) is 11.9. The number of fused-ring (bicyclic) bond motifs is 1. The van der Waals surface area contributed by atoms with E-state index in [1.54, 1.807) is 4.57 Å². The molecular weight excluding hydrogens is 472 g/mol. The molecule has 0 aliphatic heterocycles. The first kappa shape index (κ1) is 20.3. The maximum absolute atomic E-state index is 12.9. The van der Waals surface area contributed by atoms with E-state index in [-0.39, 0.29) is 5.56 Å². The van der Waals surface area contributed by atoms with Gasteiger partial charge in [0.1, 0.15) is 4.70 Å². The molecule has 3 heterocycles. The molecule has 3 aromatic heterocycles. The van der Waals surface area contributed by atoms with E-state index in [4.69, 9.17) is 9.51 Å². The fourth-order valence-electron chi connectivity index (χ4n) is 2.81. The van der Waals surface area contributed by atoms with E-state index in [9.17, 15) is 4.79 Å². The molecule has 0 amide bonds. The summed E-state index contributed by atoms with van der Waals surface area (Å²) in [5, 5.41) is 6.67. The number of nitrogens with zero attached hydrogens (tertiary/aromatic N) is 4. The summed E-state index contributed by atoms with van der Waals surface area (Å²) in [5.41, 5.74) is 1.63. The van der Waals surface area contributed by atoms with Crippen LogP contribution in [0.5, 0.6) is 0 Å². The van der Waals surface area contributed by atoms with Crippen LogP contribution in [0.4, 0.5) is 0 Å². The van der Waals surface area contributed by atoms with Crippen molar-refractivity contribution in [2.24, 2.45) is 5.92 Å². The number of hydrogen-bond donors (Lipinski definition) is 0. The van der Waals surface area contributed by atoms with Crippen LogP contribution < -0.4 is 5.56 Å². The molecule has 6 nitrogen and oxygen atoms in total. The van der Waals surface area contributed by atoms with Crippen molar-refractivity contribution in [3.05, 3.63) is 56.4 Å². The minimum Gasteiger partial charge on any atom is -0.338 e. The van der Waals surface area contributed by atoms with Gasteiger partial charge in [-0.25, -0.2) is 4.98 Å². The molecule has 29 heavy (non-hydrogen) atoms. The quantitative estimate of drug-likeness (QED) is 0.247. The van der Waals surface area contributed by atoms with Crippen molar-refractivity contribution >= 4 is 49.2 Å². The molecule has 0 saturated heterocycles. The number of thioether (sulfide) groups is 1. The van der Waals surface area contributed by atoms with Crippen LogP contribution in [0.15, 0.2) is 54.7 Å². The predicted octanol–water partition coefficient (Wildman–Crippen LogP) is 5.61. The molecule has 0 aliphatic rings. The van der Waals surface area contributed by atoms with Gasteiger partial charge in [0.05, 0.1) is 11.3 Å². The number of halogens is 1. The standard InChI is InChI=1S/C20H19BrN4O2S2/c1-12(2)7-9-25-19(26)17-15(8-10-28-17)22-20(25)29-11-16-23-18(24-27-16)13-5-3-4-6-14(13)21/h3-6,8,10,12H,7,9,11H2,1-2H3. The van der Waals surface area contributed by atoms with E-state index in [1.807, 2.05) is 35.7 Å². The topological polar surface area (TPSA) is 73.8 Å². The Morgan fingerprint density at radius 2 is 2.07 bits per heavy atom. The lowest BCUT2D eigenvalue weighted by molar-refractivity contribution is 0.391. The second-order valence-corrected chi connectivity index (χ2v) is 9.66. The summed E-state index contributed by atoms with van der Waals surface area (Å²) in [7, 11) is 0. The summed E-state index contributed by atoms with van der Waals surface area (Å²) in [6.07, 6.45) is 0.915. The highest BCUT2D eigenvalue weighted by Gasteiger charge is 2.16. The monoisotopic (exact) mass is 490 g/mol. The SMILES string of the molecule is CC(C)CCn1c(SCc2nc(-c3ccccc3Br)no2)nc2ccsc2c1=O. The van der Waals surface area contributed by atoms with E-state index >= 15 is 0 Å². The molecule has 0 spiro atoms. The number of aromatic nitrogens is 4. The molecule has 9 heteroatoms. The molecule has 0 fully saturated rings. The average molecular weight is 491 g/mol. The van der Waals surface area contributed by atoms with Gasteiger partial charge in [0, 0.05) is 16.6 Å². The lowest BCUT2D eigenvalue weighted by Gasteiger charge is -2.12. The number of hydrogen-bond acceptors (Lipinski definition) is 7. The zero-order valence-corrected chi connectivity index (χ0v) is 19.2. The third kappa shape index (κ3) is 4.46. The van der Waals surface area contributed by atoms with Crippen molar-refractivity contribution in [2.75, 3.05) is 0 Å². The van der Waals surface area contributed by atoms with Gasteiger partial charge in [0.25, 0.3) is 5.56 Å². The Labute approximate surface area is 184 Å². The minimum absolute atomic E-state index is 0.0209. The Bertz CT molecular complexity index is 1200. The molecule has 4 aromatic rings. The van der Waals surface area contributed by atoms with Crippen LogP contribution in [0.3, 0.4) is 0 Å². The van der Waals surface area contributed by atoms with Gasteiger partial charge in [-0.05, 0) is 35.9 Å². The minimum atomic E-state index is 0.0209. The average Bonchev–Trinajstić information content (AvgIpc) is 3.35. The lowest BCUT2D eigenvalue weighted by atomic mass is 10.1. The van der Waals surface area contributed by atoms with E-state index < -0.39 is 0 Å². The van der Waals surface area contributed by atoms with E-state index in [2.05, 4.69) is 39.9 Å². The maximum Gasteiger partial charge on any atom is 0.272 e. The molecule has 0 atom stereocenters. The van der Waals surface area contributed by atoms with Crippen molar-refractivity contribution in [3.63, 3.8) is 0 Å². The normalized spacial score (nSPS) is 11.6. The van der Waals surface area contributed by atoms with Crippen LogP contribution in [0.25, 0.3) is 21.6 Å². The lowest BCUT2D eigenvalue weighted by Crippen LogP contribution is -2.23. The molecule has 0 bridgehead atoms. The van der Waals surface area contributed by atoms with Gasteiger partial charge in [-0.15, -0.1) is 11.3 Å². The Morgan fingerprint density at radius 1 is 1.24 bits per heavy atom. The second-order valence-electron chi connectivity index (χ2n) is 6.95. The molecule has 0 unspecified atom stereocenters. The Morgan fingerprint density at radius 3 is 2.86 bits per heavy atom. The van der Waals surface area contributed by atoms with Crippen LogP contribution >= 0.6 is 39.0 Å². The van der Waals surface area contributed by atoms with Crippen LogP contribution in [0, 0.1) is 5.92 Å². The molecule has 0 aliphatic carbocycles. The summed E-state index contributed by atoms with van der Waals surface area (Å²) in [5.74, 6) is 1.98. The Kier molecular flexibility index (Phi) is 6.17. The van der Waals surface area contributed by atoms with Gasteiger partial charge in [-0.2, -0.15) is 4.98 Å². The van der Waals surface area contributed by atoms with Crippen molar-refractivity contribution < 1.29 is 4.52 Å². The highest BCUT2D eigenvalue weighted by Crippen LogP contribution is 2.28. The number of rotatable bonds is 7. The first-order chi connectivity index (χ1) is 14.0. The first-order valence-electron chi connectivity index (χ1n) is 9.21. The molecule has 4 rings (SSSR count). The molecule has 0 N–H and O–H groups in total. The highest BCUT2D eigenvalue weighted by molar-refractivity contribution is 9.10. The zero-order valence-electron chi connectivity index (χ0n) is 16.0. The van der Waals surface area contributed by atoms with E-state index in [0.717, 1.165) is 22.0 Å². The van der Waals surface area contributed by atoms with Crippen molar-refractivity contribution in [1.82, 2.24) is 19.7 Å². The van der Waals surface area contributed by atoms with Gasteiger partial charge in [-0.1, -0.05) is 58.8 Å². The summed E-state index contributed by atoms with van der Waals surface area (Å²) >= 11 is 6.39.